The first kappa shape index (κ1) is 16.2. The van der Waals surface area contributed by atoms with Gasteiger partial charge in [-0.05, 0) is 64.2 Å². The van der Waals surface area contributed by atoms with Crippen LogP contribution in [-0.2, 0) is 0 Å². The molecule has 2 heteroatoms. The Balaban J connectivity index is 2.15. The zero-order chi connectivity index (χ0) is 15.3. The van der Waals surface area contributed by atoms with Crippen LogP contribution in [0.3, 0.4) is 0 Å². The van der Waals surface area contributed by atoms with Crippen molar-refractivity contribution in [3.63, 3.8) is 0 Å². The molecule has 1 aliphatic rings. The molecule has 0 spiro atoms. The summed E-state index contributed by atoms with van der Waals surface area (Å²) in [5, 5.41) is 3.65. The number of hydrogen-bond donors (Lipinski definition) is 1. The largest absolute Gasteiger partial charge is 0.308 e. The minimum atomic E-state index is 0.161. The third kappa shape index (κ3) is 5.62. The lowest BCUT2D eigenvalue weighted by molar-refractivity contribution is 0.378. The molecule has 1 aromatic heterocycles. The highest BCUT2D eigenvalue weighted by Gasteiger charge is 2.19. The zero-order valence-electron chi connectivity index (χ0n) is 14.1. The molecule has 1 aliphatic carbocycles. The summed E-state index contributed by atoms with van der Waals surface area (Å²) in [4.78, 5) is 4.55. The van der Waals surface area contributed by atoms with E-state index in [4.69, 9.17) is 0 Å². The third-order valence-corrected chi connectivity index (χ3v) is 4.22. The molecule has 21 heavy (non-hydrogen) atoms. The van der Waals surface area contributed by atoms with Crippen LogP contribution >= 0.6 is 0 Å². The molecule has 0 aromatic carbocycles. The van der Waals surface area contributed by atoms with Crippen LogP contribution in [0.15, 0.2) is 23.9 Å². The Bertz CT molecular complexity index is 459. The summed E-state index contributed by atoms with van der Waals surface area (Å²) in [6, 6.07) is 4.28. The minimum Gasteiger partial charge on any atom is -0.308 e. The first-order valence-corrected chi connectivity index (χ1v) is 8.32. The van der Waals surface area contributed by atoms with Crippen LogP contribution in [0, 0.1) is 12.8 Å². The molecule has 2 rings (SSSR count). The molecule has 0 aliphatic heterocycles. The quantitative estimate of drug-likeness (QED) is 0.864. The van der Waals surface area contributed by atoms with E-state index in [1.807, 2.05) is 6.20 Å². The second kappa shape index (κ2) is 7.22. The van der Waals surface area contributed by atoms with Gasteiger partial charge in [-0.25, -0.2) is 0 Å². The Morgan fingerprint density at radius 1 is 1.24 bits per heavy atom. The highest BCUT2D eigenvalue weighted by Crippen LogP contribution is 2.30. The topological polar surface area (TPSA) is 24.9 Å². The van der Waals surface area contributed by atoms with E-state index in [1.54, 1.807) is 0 Å². The number of rotatable bonds is 4. The van der Waals surface area contributed by atoms with Crippen LogP contribution in [0.5, 0.6) is 0 Å². The monoisotopic (exact) mass is 286 g/mol. The van der Waals surface area contributed by atoms with Crippen LogP contribution in [0.4, 0.5) is 0 Å². The summed E-state index contributed by atoms with van der Waals surface area (Å²) >= 11 is 0. The summed E-state index contributed by atoms with van der Waals surface area (Å²) < 4.78 is 0. The molecule has 1 N–H and O–H groups in total. The van der Waals surface area contributed by atoms with Gasteiger partial charge in [0.1, 0.15) is 0 Å². The van der Waals surface area contributed by atoms with Gasteiger partial charge in [0, 0.05) is 18.3 Å². The summed E-state index contributed by atoms with van der Waals surface area (Å²) in [6.45, 7) is 9.76. The fourth-order valence-corrected chi connectivity index (χ4v) is 2.91. The molecule has 0 saturated heterocycles. The Labute approximate surface area is 130 Å². The Kier molecular flexibility index (Phi) is 5.58. The van der Waals surface area contributed by atoms with Crippen LogP contribution in [-0.4, -0.2) is 17.1 Å². The van der Waals surface area contributed by atoms with Gasteiger partial charge in [-0.1, -0.05) is 30.9 Å². The highest BCUT2D eigenvalue weighted by atomic mass is 14.9. The van der Waals surface area contributed by atoms with Gasteiger partial charge >= 0.3 is 0 Å². The van der Waals surface area contributed by atoms with Crippen molar-refractivity contribution in [3.8, 4) is 0 Å². The molecular weight excluding hydrogens is 256 g/mol. The van der Waals surface area contributed by atoms with Gasteiger partial charge in [-0.2, -0.15) is 0 Å². The van der Waals surface area contributed by atoms with Crippen LogP contribution in [0.2, 0.25) is 0 Å². The van der Waals surface area contributed by atoms with Gasteiger partial charge in [0.15, 0.2) is 0 Å². The molecule has 1 heterocycles. The van der Waals surface area contributed by atoms with E-state index < -0.39 is 0 Å². The van der Waals surface area contributed by atoms with Gasteiger partial charge < -0.3 is 5.32 Å². The average Bonchev–Trinajstić information content (AvgIpc) is 2.45. The fourth-order valence-electron chi connectivity index (χ4n) is 2.91. The lowest BCUT2D eigenvalue weighted by Crippen LogP contribution is -2.38. The van der Waals surface area contributed by atoms with Gasteiger partial charge in [0.25, 0.3) is 0 Å². The first-order valence-electron chi connectivity index (χ1n) is 8.32. The van der Waals surface area contributed by atoms with Crippen molar-refractivity contribution < 1.29 is 0 Å². The van der Waals surface area contributed by atoms with Gasteiger partial charge in [-0.15, -0.1) is 0 Å². The van der Waals surface area contributed by atoms with E-state index in [9.17, 15) is 0 Å². The number of pyridine rings is 1. The van der Waals surface area contributed by atoms with E-state index in [0.29, 0.717) is 0 Å². The molecule has 0 bridgehead atoms. The lowest BCUT2D eigenvalue weighted by atomic mass is 9.83. The van der Waals surface area contributed by atoms with Crippen molar-refractivity contribution in [3.05, 3.63) is 35.2 Å². The molecule has 1 aromatic rings. The molecule has 0 atom stereocenters. The molecule has 0 unspecified atom stereocenters. The molecule has 0 amide bonds. The molecule has 2 nitrogen and oxygen atoms in total. The van der Waals surface area contributed by atoms with Crippen LogP contribution < -0.4 is 5.32 Å². The molecule has 116 valence electrons. The van der Waals surface area contributed by atoms with Crippen molar-refractivity contribution in [1.29, 1.82) is 0 Å². The second-order valence-corrected chi connectivity index (χ2v) is 7.42. The maximum Gasteiger partial charge on any atom is 0.0629 e. The molecule has 1 saturated carbocycles. The van der Waals surface area contributed by atoms with Gasteiger partial charge in [-0.3, -0.25) is 4.98 Å². The van der Waals surface area contributed by atoms with Crippen LogP contribution in [0.25, 0.3) is 6.08 Å². The number of aromatic nitrogens is 1. The first-order chi connectivity index (χ1) is 9.94. The van der Waals surface area contributed by atoms with Gasteiger partial charge in [0.05, 0.1) is 5.69 Å². The van der Waals surface area contributed by atoms with E-state index in [0.717, 1.165) is 18.2 Å². The summed E-state index contributed by atoms with van der Waals surface area (Å²) in [5.41, 5.74) is 4.01. The Morgan fingerprint density at radius 2 is 1.95 bits per heavy atom. The normalized spacial score (nSPS) is 18.0. The van der Waals surface area contributed by atoms with Crippen molar-refractivity contribution >= 4 is 6.08 Å². The number of nitrogens with one attached hydrogen (secondary N) is 1. The van der Waals surface area contributed by atoms with Crippen molar-refractivity contribution in [2.45, 2.75) is 65.3 Å². The third-order valence-electron chi connectivity index (χ3n) is 4.22. The molecular formula is C19H30N2. The zero-order valence-corrected chi connectivity index (χ0v) is 14.1. The number of nitrogens with zero attached hydrogens (tertiary/aromatic N) is 1. The summed E-state index contributed by atoms with van der Waals surface area (Å²) in [6.07, 6.45) is 11.1. The second-order valence-electron chi connectivity index (χ2n) is 7.42. The smallest absolute Gasteiger partial charge is 0.0629 e. The van der Waals surface area contributed by atoms with E-state index >= 15 is 0 Å². The predicted octanol–water partition coefficient (Wildman–Crippen LogP) is 4.74. The minimum absolute atomic E-state index is 0.161. The maximum absolute atomic E-state index is 4.55. The van der Waals surface area contributed by atoms with Crippen LogP contribution in [0.1, 0.15) is 64.1 Å². The predicted molar refractivity (Wildman–Crippen MR) is 91.3 cm³/mol. The average molecular weight is 286 g/mol. The summed E-state index contributed by atoms with van der Waals surface area (Å²) in [5.74, 6) is 0.733. The fraction of sp³-hybridized carbons (Fsp3) is 0.632. The van der Waals surface area contributed by atoms with Crippen molar-refractivity contribution in [2.75, 3.05) is 6.54 Å². The molecule has 1 fully saturated rings. The van der Waals surface area contributed by atoms with E-state index in [1.165, 1.54) is 43.2 Å². The number of hydrogen-bond acceptors (Lipinski definition) is 2. The van der Waals surface area contributed by atoms with E-state index in [2.05, 4.69) is 56.2 Å². The summed E-state index contributed by atoms with van der Waals surface area (Å²) in [7, 11) is 0. The standard InChI is InChI=1S/C19H30N2/c1-15-10-11-18(20-13-15)12-17(14-21-19(2,3)4)16-8-6-5-7-9-16/h10-13,16,21H,5-9,14H2,1-4H3/b17-12-. The lowest BCUT2D eigenvalue weighted by Gasteiger charge is -2.28. The SMILES string of the molecule is Cc1ccc(/C=C(/CNC(C)(C)C)C2CCCCC2)nc1. The van der Waals surface area contributed by atoms with Crippen molar-refractivity contribution in [2.24, 2.45) is 5.92 Å². The van der Waals surface area contributed by atoms with Gasteiger partial charge in [0.2, 0.25) is 0 Å². The maximum atomic E-state index is 4.55. The Morgan fingerprint density at radius 3 is 2.52 bits per heavy atom. The Hall–Kier alpha value is -1.15. The van der Waals surface area contributed by atoms with E-state index in [-0.39, 0.29) is 5.54 Å². The van der Waals surface area contributed by atoms with Crippen molar-refractivity contribution in [1.82, 2.24) is 10.3 Å². The molecule has 0 radical (unpaired) electrons. The highest BCUT2D eigenvalue weighted by molar-refractivity contribution is 5.50. The number of aryl methyl sites for hydroxylation is 1.